The Hall–Kier alpha value is -0.430. The molecule has 0 radical (unpaired) electrons. The molecule has 0 heterocycles. The van der Waals surface area contributed by atoms with Crippen LogP contribution in [0.5, 0.6) is 0 Å². The van der Waals surface area contributed by atoms with Crippen LogP contribution in [0.4, 0.5) is 4.39 Å². The number of nitro groups is 1. The van der Waals surface area contributed by atoms with E-state index in [1.54, 1.807) is 0 Å². The highest BCUT2D eigenvalue weighted by Crippen LogP contribution is 2.41. The first-order valence-electron chi connectivity index (χ1n) is 3.55. The first kappa shape index (κ1) is 11.6. The van der Waals surface area contributed by atoms with E-state index in [0.717, 1.165) is 6.08 Å². The number of hydrogen-bond acceptors (Lipinski definition) is 3. The molecule has 14 heavy (non-hydrogen) atoms. The van der Waals surface area contributed by atoms with Gasteiger partial charge in [0.1, 0.15) is 5.83 Å². The molecule has 0 bridgehead atoms. The summed E-state index contributed by atoms with van der Waals surface area (Å²) in [7, 11) is 1.30. The number of alkyl halides is 1. The third-order valence-corrected chi connectivity index (χ3v) is 3.23. The van der Waals surface area contributed by atoms with Crippen LogP contribution >= 0.6 is 31.9 Å². The maximum Gasteiger partial charge on any atom is 0.352 e. The van der Waals surface area contributed by atoms with E-state index in [9.17, 15) is 14.5 Å². The van der Waals surface area contributed by atoms with Gasteiger partial charge in [0.2, 0.25) is 0 Å². The lowest BCUT2D eigenvalue weighted by Gasteiger charge is -2.22. The van der Waals surface area contributed by atoms with Gasteiger partial charge in [0.15, 0.2) is 5.76 Å². The molecule has 0 aromatic heterocycles. The molecule has 0 aliphatic heterocycles. The first-order chi connectivity index (χ1) is 6.41. The number of ether oxygens (including phenoxy) is 1. The van der Waals surface area contributed by atoms with Crippen LogP contribution in [-0.2, 0) is 4.74 Å². The van der Waals surface area contributed by atoms with E-state index in [0.29, 0.717) is 4.48 Å². The van der Waals surface area contributed by atoms with Crippen molar-refractivity contribution in [2.24, 2.45) is 0 Å². The summed E-state index contributed by atoms with van der Waals surface area (Å²) in [5.74, 6) is -0.518. The summed E-state index contributed by atoms with van der Waals surface area (Å²) in [5.41, 5.74) is 0. The van der Waals surface area contributed by atoms with E-state index < -0.39 is 15.2 Å². The normalized spacial score (nSPS) is 27.3. The quantitative estimate of drug-likeness (QED) is 0.338. The Morgan fingerprint density at radius 1 is 1.79 bits per heavy atom. The molecule has 1 aliphatic rings. The Morgan fingerprint density at radius 3 is 2.79 bits per heavy atom. The molecule has 4 nitrogen and oxygen atoms in total. The van der Waals surface area contributed by atoms with Crippen LogP contribution in [0, 0.1) is 10.1 Å². The minimum Gasteiger partial charge on any atom is -0.492 e. The smallest absolute Gasteiger partial charge is 0.352 e. The maximum atomic E-state index is 13.0. The SMILES string of the molecule is COC1=C(Br)CC(F)=CC1(Br)[N+](=O)[O-]. The molecule has 0 N–H and O–H groups in total. The van der Waals surface area contributed by atoms with Crippen molar-refractivity contribution in [2.75, 3.05) is 7.11 Å². The van der Waals surface area contributed by atoms with Gasteiger partial charge < -0.3 is 4.74 Å². The predicted octanol–water partition coefficient (Wildman–Crippen LogP) is 2.86. The molecule has 78 valence electrons. The second kappa shape index (κ2) is 3.98. The van der Waals surface area contributed by atoms with Crippen LogP contribution in [-0.4, -0.2) is 16.5 Å². The van der Waals surface area contributed by atoms with Gasteiger partial charge in [-0.3, -0.25) is 10.1 Å². The van der Waals surface area contributed by atoms with Crippen molar-refractivity contribution in [2.45, 2.75) is 10.9 Å². The van der Waals surface area contributed by atoms with Crippen molar-refractivity contribution in [3.63, 3.8) is 0 Å². The van der Waals surface area contributed by atoms with Crippen LogP contribution in [0.2, 0.25) is 0 Å². The molecule has 1 aliphatic carbocycles. The number of hydrogen-bond donors (Lipinski definition) is 0. The largest absolute Gasteiger partial charge is 0.492 e. The van der Waals surface area contributed by atoms with Crippen molar-refractivity contribution in [1.82, 2.24) is 0 Å². The zero-order valence-electron chi connectivity index (χ0n) is 7.09. The van der Waals surface area contributed by atoms with Crippen LogP contribution in [0.15, 0.2) is 22.1 Å². The number of rotatable bonds is 2. The molecule has 7 heteroatoms. The predicted molar refractivity (Wildman–Crippen MR) is 55.4 cm³/mol. The third-order valence-electron chi connectivity index (χ3n) is 1.71. The molecule has 0 fully saturated rings. The monoisotopic (exact) mass is 329 g/mol. The van der Waals surface area contributed by atoms with E-state index in [1.807, 2.05) is 0 Å². The standard InChI is InChI=1S/C7H6Br2FNO3/c1-14-6-5(8)2-4(10)3-7(6,9)11(12)13/h3H,2H2,1H3. The average Bonchev–Trinajstić information content (AvgIpc) is 2.02. The van der Waals surface area contributed by atoms with Crippen LogP contribution in [0.3, 0.4) is 0 Å². The molecular formula is C7H6Br2FNO3. The van der Waals surface area contributed by atoms with E-state index in [2.05, 4.69) is 31.9 Å². The van der Waals surface area contributed by atoms with Crippen molar-refractivity contribution in [3.8, 4) is 0 Å². The van der Waals surface area contributed by atoms with Gasteiger partial charge in [-0.15, -0.1) is 0 Å². The summed E-state index contributed by atoms with van der Waals surface area (Å²) in [5, 5.41) is 10.7. The zero-order valence-corrected chi connectivity index (χ0v) is 10.3. The lowest BCUT2D eigenvalue weighted by atomic mass is 10.1. The first-order valence-corrected chi connectivity index (χ1v) is 5.14. The summed E-state index contributed by atoms with van der Waals surface area (Å²) in [6.07, 6.45) is 0.862. The van der Waals surface area contributed by atoms with Crippen LogP contribution in [0.25, 0.3) is 0 Å². The minimum absolute atomic E-state index is 0.0234. The van der Waals surface area contributed by atoms with Gasteiger partial charge in [0.25, 0.3) is 0 Å². The summed E-state index contributed by atoms with van der Waals surface area (Å²) < 4.78 is 16.4. The molecular weight excluding hydrogens is 325 g/mol. The van der Waals surface area contributed by atoms with Crippen molar-refractivity contribution < 1.29 is 14.1 Å². The van der Waals surface area contributed by atoms with E-state index in [4.69, 9.17) is 4.74 Å². The molecule has 0 aromatic rings. The molecule has 0 saturated carbocycles. The number of allylic oxidation sites excluding steroid dienone is 2. The highest BCUT2D eigenvalue weighted by atomic mass is 79.9. The minimum atomic E-state index is -1.80. The second-order valence-electron chi connectivity index (χ2n) is 2.64. The van der Waals surface area contributed by atoms with Gasteiger partial charge in [-0.25, -0.2) is 4.39 Å². The van der Waals surface area contributed by atoms with Gasteiger partial charge in [-0.2, -0.15) is 0 Å². The maximum absolute atomic E-state index is 13.0. The van der Waals surface area contributed by atoms with Gasteiger partial charge in [-0.1, -0.05) is 15.9 Å². The zero-order chi connectivity index (χ0) is 10.9. The summed E-state index contributed by atoms with van der Waals surface area (Å²) in [4.78, 5) is 10.1. The average molecular weight is 331 g/mol. The van der Waals surface area contributed by atoms with E-state index in [1.165, 1.54) is 7.11 Å². The van der Waals surface area contributed by atoms with Gasteiger partial charge in [0.05, 0.1) is 12.0 Å². The molecule has 1 atom stereocenters. The Labute approximate surface area is 96.2 Å². The highest BCUT2D eigenvalue weighted by Gasteiger charge is 2.48. The van der Waals surface area contributed by atoms with E-state index in [-0.39, 0.29) is 12.2 Å². The fourth-order valence-electron chi connectivity index (χ4n) is 1.13. The molecule has 0 aromatic carbocycles. The lowest BCUT2D eigenvalue weighted by molar-refractivity contribution is -0.516. The fourth-order valence-corrected chi connectivity index (χ4v) is 2.78. The third kappa shape index (κ3) is 1.83. The van der Waals surface area contributed by atoms with E-state index >= 15 is 0 Å². The Bertz CT molecular complexity index is 342. The topological polar surface area (TPSA) is 52.4 Å². The number of nitrogens with zero attached hydrogens (tertiary/aromatic N) is 1. The summed E-state index contributed by atoms with van der Waals surface area (Å²) in [6, 6.07) is 0. The van der Waals surface area contributed by atoms with Gasteiger partial charge in [-0.05, 0) is 0 Å². The number of methoxy groups -OCH3 is 1. The fraction of sp³-hybridized carbons (Fsp3) is 0.429. The molecule has 1 rings (SSSR count). The number of halogens is 3. The lowest BCUT2D eigenvalue weighted by Crippen LogP contribution is -2.34. The van der Waals surface area contributed by atoms with Gasteiger partial charge in [0, 0.05) is 32.9 Å². The Morgan fingerprint density at radius 2 is 2.36 bits per heavy atom. The summed E-state index contributed by atoms with van der Waals surface area (Å²) in [6.45, 7) is 0. The van der Waals surface area contributed by atoms with Crippen LogP contribution in [0.1, 0.15) is 6.42 Å². The van der Waals surface area contributed by atoms with Gasteiger partial charge >= 0.3 is 4.45 Å². The second-order valence-corrected chi connectivity index (χ2v) is 4.80. The molecule has 0 amide bonds. The Kier molecular flexibility index (Phi) is 3.31. The van der Waals surface area contributed by atoms with Crippen molar-refractivity contribution >= 4 is 31.9 Å². The van der Waals surface area contributed by atoms with Crippen molar-refractivity contribution in [1.29, 1.82) is 0 Å². The van der Waals surface area contributed by atoms with Crippen LogP contribution < -0.4 is 0 Å². The Balaban J connectivity index is 3.24. The highest BCUT2D eigenvalue weighted by molar-refractivity contribution is 9.12. The molecule has 0 spiro atoms. The molecule has 0 saturated heterocycles. The van der Waals surface area contributed by atoms with Crippen molar-refractivity contribution in [3.05, 3.63) is 32.3 Å². The molecule has 1 unspecified atom stereocenters. The summed E-state index contributed by atoms with van der Waals surface area (Å²) >= 11 is 5.88.